The van der Waals surface area contributed by atoms with Crippen molar-refractivity contribution >= 4 is 16.7 Å². The van der Waals surface area contributed by atoms with Crippen LogP contribution in [0.5, 0.6) is 0 Å². The largest absolute Gasteiger partial charge is 0.393 e. The number of aliphatic hydroxyl groups excluding tert-OH is 1. The molecule has 6 heteroatoms. The molecule has 3 heterocycles. The second kappa shape index (κ2) is 10.2. The summed E-state index contributed by atoms with van der Waals surface area (Å²) in [6.07, 6.45) is 7.71. The summed E-state index contributed by atoms with van der Waals surface area (Å²) in [6.45, 7) is 6.82. The number of morpholine rings is 1. The lowest BCUT2D eigenvalue weighted by molar-refractivity contribution is 0.0342. The van der Waals surface area contributed by atoms with Crippen molar-refractivity contribution in [1.82, 2.24) is 14.9 Å². The maximum absolute atomic E-state index is 9.95. The number of aromatic nitrogens is 2. The summed E-state index contributed by atoms with van der Waals surface area (Å²) in [5.74, 6) is 0. The summed E-state index contributed by atoms with van der Waals surface area (Å²) >= 11 is 0. The minimum Gasteiger partial charge on any atom is -0.393 e. The molecule has 0 unspecified atom stereocenters. The van der Waals surface area contributed by atoms with Gasteiger partial charge in [-0.15, -0.1) is 0 Å². The quantitative estimate of drug-likeness (QED) is 0.487. The lowest BCUT2D eigenvalue weighted by atomic mass is 9.92. The number of benzene rings is 1. The number of hydrogen-bond donors (Lipinski definition) is 3. The molecule has 2 aliphatic rings. The van der Waals surface area contributed by atoms with Crippen LogP contribution in [-0.2, 0) is 17.7 Å². The van der Waals surface area contributed by atoms with E-state index in [-0.39, 0.29) is 6.10 Å². The smallest absolute Gasteiger partial charge is 0.139 e. The average Bonchev–Trinajstić information content (AvgIpc) is 3.25. The van der Waals surface area contributed by atoms with Gasteiger partial charge in [-0.2, -0.15) is 0 Å². The molecule has 1 aliphatic carbocycles. The summed E-state index contributed by atoms with van der Waals surface area (Å²) in [4.78, 5) is 10.7. The topological polar surface area (TPSA) is 73.4 Å². The van der Waals surface area contributed by atoms with Gasteiger partial charge in [0.15, 0.2) is 0 Å². The van der Waals surface area contributed by atoms with Crippen molar-refractivity contribution in [2.45, 2.75) is 64.1 Å². The number of aliphatic hydroxyl groups is 1. The number of nitrogens with zero attached hydrogens (tertiary/aromatic N) is 2. The highest BCUT2D eigenvalue weighted by molar-refractivity contribution is 5.98. The molecule has 0 radical (unpaired) electrons. The molecule has 3 N–H and O–H groups in total. The van der Waals surface area contributed by atoms with E-state index < -0.39 is 0 Å². The molecule has 33 heavy (non-hydrogen) atoms. The minimum atomic E-state index is -0.151. The van der Waals surface area contributed by atoms with Crippen LogP contribution >= 0.6 is 0 Å². The molecule has 0 bridgehead atoms. The second-order valence-electron chi connectivity index (χ2n) is 9.59. The lowest BCUT2D eigenvalue weighted by Crippen LogP contribution is -2.35. The highest BCUT2D eigenvalue weighted by Gasteiger charge is 2.22. The number of pyridine rings is 1. The van der Waals surface area contributed by atoms with Crippen LogP contribution in [0.1, 0.15) is 50.3 Å². The molecule has 1 saturated carbocycles. The Hall–Kier alpha value is -2.41. The number of rotatable bonds is 7. The number of hydrogen-bond acceptors (Lipinski definition) is 5. The van der Waals surface area contributed by atoms with Gasteiger partial charge in [0.1, 0.15) is 5.65 Å². The Morgan fingerprint density at radius 1 is 1.12 bits per heavy atom. The van der Waals surface area contributed by atoms with E-state index in [1.807, 2.05) is 6.20 Å². The fourth-order valence-corrected chi connectivity index (χ4v) is 5.14. The number of anilines is 1. The molecule has 1 aliphatic heterocycles. The van der Waals surface area contributed by atoms with E-state index in [0.29, 0.717) is 6.04 Å². The van der Waals surface area contributed by atoms with Crippen molar-refractivity contribution in [1.29, 1.82) is 0 Å². The predicted molar refractivity (Wildman–Crippen MR) is 134 cm³/mol. The molecule has 176 valence electrons. The van der Waals surface area contributed by atoms with Gasteiger partial charge in [-0.3, -0.25) is 4.90 Å². The molecule has 0 spiro atoms. The zero-order valence-electron chi connectivity index (χ0n) is 19.6. The fourth-order valence-electron chi connectivity index (χ4n) is 5.14. The normalized spacial score (nSPS) is 22.0. The summed E-state index contributed by atoms with van der Waals surface area (Å²) in [5, 5.41) is 15.0. The van der Waals surface area contributed by atoms with Gasteiger partial charge in [0.2, 0.25) is 0 Å². The molecule has 1 saturated heterocycles. The van der Waals surface area contributed by atoms with Gasteiger partial charge >= 0.3 is 0 Å². The summed E-state index contributed by atoms with van der Waals surface area (Å²) < 4.78 is 5.48. The molecule has 2 fully saturated rings. The molecule has 2 aromatic heterocycles. The average molecular weight is 449 g/mol. The van der Waals surface area contributed by atoms with Crippen LogP contribution in [-0.4, -0.2) is 58.4 Å². The van der Waals surface area contributed by atoms with E-state index in [1.165, 1.54) is 27.9 Å². The zero-order valence-corrected chi connectivity index (χ0v) is 19.6. The van der Waals surface area contributed by atoms with E-state index in [1.54, 1.807) is 0 Å². The Balaban J connectivity index is 1.44. The fraction of sp³-hybridized carbons (Fsp3) is 0.519. The van der Waals surface area contributed by atoms with Gasteiger partial charge in [-0.25, -0.2) is 4.98 Å². The Morgan fingerprint density at radius 2 is 1.88 bits per heavy atom. The van der Waals surface area contributed by atoms with Crippen LogP contribution in [0.3, 0.4) is 0 Å². The van der Waals surface area contributed by atoms with E-state index in [4.69, 9.17) is 9.72 Å². The Labute approximate surface area is 196 Å². The maximum atomic E-state index is 9.95. The van der Waals surface area contributed by atoms with Gasteiger partial charge in [0.05, 0.1) is 25.0 Å². The molecule has 3 aromatic rings. The number of ether oxygens (including phenoxy) is 1. The Kier molecular flexibility index (Phi) is 6.95. The third kappa shape index (κ3) is 5.24. The highest BCUT2D eigenvalue weighted by Crippen LogP contribution is 2.36. The first kappa shape index (κ1) is 22.4. The van der Waals surface area contributed by atoms with Crippen LogP contribution in [0.15, 0.2) is 36.5 Å². The van der Waals surface area contributed by atoms with Crippen molar-refractivity contribution in [3.8, 4) is 11.1 Å². The first-order valence-electron chi connectivity index (χ1n) is 12.5. The Morgan fingerprint density at radius 3 is 2.61 bits per heavy atom. The number of aromatic amines is 1. The van der Waals surface area contributed by atoms with Crippen molar-refractivity contribution in [3.05, 3.63) is 47.8 Å². The molecule has 0 amide bonds. The summed E-state index contributed by atoms with van der Waals surface area (Å²) in [5.41, 5.74) is 7.02. The van der Waals surface area contributed by atoms with Gasteiger partial charge in [0, 0.05) is 48.5 Å². The Bertz CT molecular complexity index is 1050. The van der Waals surface area contributed by atoms with E-state index in [9.17, 15) is 5.11 Å². The van der Waals surface area contributed by atoms with Crippen LogP contribution in [0.25, 0.3) is 22.2 Å². The van der Waals surface area contributed by atoms with Crippen molar-refractivity contribution in [2.75, 3.05) is 31.6 Å². The van der Waals surface area contributed by atoms with Crippen LogP contribution < -0.4 is 5.32 Å². The first-order chi connectivity index (χ1) is 16.2. The molecule has 1 aromatic carbocycles. The highest BCUT2D eigenvalue weighted by atomic mass is 16.5. The maximum Gasteiger partial charge on any atom is 0.139 e. The molecular weight excluding hydrogens is 412 g/mol. The summed E-state index contributed by atoms with van der Waals surface area (Å²) in [6, 6.07) is 11.6. The number of nitrogens with one attached hydrogen (secondary N) is 2. The lowest BCUT2D eigenvalue weighted by Gasteiger charge is -2.28. The molecule has 6 nitrogen and oxygen atoms in total. The SMILES string of the molecule is CCCc1cc2c(NC3CCC(O)CC3)c(-c3ccc(CN4CCOCC4)cc3)cnc2[nH]1. The van der Waals surface area contributed by atoms with Crippen molar-refractivity contribution in [2.24, 2.45) is 0 Å². The standard InChI is InChI=1S/C27H36N4O2/c1-2-3-22-16-24-26(29-21-8-10-23(32)11-9-21)25(17-28-27(24)30-22)20-6-4-19(5-7-20)18-31-12-14-33-15-13-31/h4-7,16-17,21,23,32H,2-3,8-15,18H2,1H3,(H2,28,29,30). The monoisotopic (exact) mass is 448 g/mol. The van der Waals surface area contributed by atoms with Gasteiger partial charge in [0.25, 0.3) is 0 Å². The second-order valence-corrected chi connectivity index (χ2v) is 9.59. The summed E-state index contributed by atoms with van der Waals surface area (Å²) in [7, 11) is 0. The van der Waals surface area contributed by atoms with Gasteiger partial charge in [-0.05, 0) is 49.3 Å². The van der Waals surface area contributed by atoms with E-state index in [2.05, 4.69) is 52.5 Å². The first-order valence-corrected chi connectivity index (χ1v) is 12.5. The van der Waals surface area contributed by atoms with E-state index in [0.717, 1.165) is 82.6 Å². The van der Waals surface area contributed by atoms with Crippen LogP contribution in [0.2, 0.25) is 0 Å². The van der Waals surface area contributed by atoms with Crippen LogP contribution in [0.4, 0.5) is 5.69 Å². The van der Waals surface area contributed by atoms with Crippen molar-refractivity contribution < 1.29 is 9.84 Å². The minimum absolute atomic E-state index is 0.151. The number of fused-ring (bicyclic) bond motifs is 1. The zero-order chi connectivity index (χ0) is 22.6. The van der Waals surface area contributed by atoms with Gasteiger partial charge < -0.3 is 20.1 Å². The third-order valence-corrected chi connectivity index (χ3v) is 7.05. The van der Waals surface area contributed by atoms with Gasteiger partial charge in [-0.1, -0.05) is 37.6 Å². The number of aryl methyl sites for hydroxylation is 1. The third-order valence-electron chi connectivity index (χ3n) is 7.05. The molecule has 5 rings (SSSR count). The van der Waals surface area contributed by atoms with Crippen LogP contribution in [0, 0.1) is 0 Å². The van der Waals surface area contributed by atoms with E-state index >= 15 is 0 Å². The van der Waals surface area contributed by atoms with Crippen molar-refractivity contribution in [3.63, 3.8) is 0 Å². The molecule has 0 atom stereocenters. The molecular formula is C27H36N4O2. The predicted octanol–water partition coefficient (Wildman–Crippen LogP) is 4.73. The number of H-pyrrole nitrogens is 1.